The van der Waals surface area contributed by atoms with Gasteiger partial charge in [0.25, 0.3) is 5.91 Å². The van der Waals surface area contributed by atoms with Gasteiger partial charge >= 0.3 is 0 Å². The highest BCUT2D eigenvalue weighted by Gasteiger charge is 2.30. The van der Waals surface area contributed by atoms with Gasteiger partial charge in [-0.2, -0.15) is 0 Å². The summed E-state index contributed by atoms with van der Waals surface area (Å²) < 4.78 is 5.06. The van der Waals surface area contributed by atoms with E-state index in [1.54, 1.807) is 12.2 Å². The van der Waals surface area contributed by atoms with Crippen molar-refractivity contribution < 1.29 is 14.3 Å². The zero-order valence-electron chi connectivity index (χ0n) is 13.0. The molecule has 1 aromatic rings. The molecule has 1 aliphatic carbocycles. The molecule has 0 radical (unpaired) electrons. The van der Waals surface area contributed by atoms with E-state index in [-0.39, 0.29) is 22.6 Å². The molecule has 2 amide bonds. The van der Waals surface area contributed by atoms with Crippen LogP contribution in [0.25, 0.3) is 5.57 Å². The molecule has 0 unspecified atom stereocenters. The van der Waals surface area contributed by atoms with Crippen molar-refractivity contribution in [3.63, 3.8) is 0 Å². The highest BCUT2D eigenvalue weighted by Crippen LogP contribution is 2.31. The molecule has 7 nitrogen and oxygen atoms in total. The molecule has 122 valence electrons. The summed E-state index contributed by atoms with van der Waals surface area (Å²) in [6.07, 6.45) is 5.24. The van der Waals surface area contributed by atoms with E-state index < -0.39 is 5.91 Å². The van der Waals surface area contributed by atoms with Crippen LogP contribution in [-0.4, -0.2) is 30.6 Å². The summed E-state index contributed by atoms with van der Waals surface area (Å²) in [6, 6.07) is 0. The number of rotatable bonds is 7. The first-order valence-electron chi connectivity index (χ1n) is 7.00. The van der Waals surface area contributed by atoms with Gasteiger partial charge in [0.2, 0.25) is 11.8 Å². The van der Waals surface area contributed by atoms with E-state index in [1.165, 1.54) is 7.11 Å². The number of nitrogens with one attached hydrogen (secondary N) is 1. The lowest BCUT2D eigenvalue weighted by Gasteiger charge is -2.05. The average Bonchev–Trinajstić information content (AvgIpc) is 3.30. The number of primary amides is 1. The lowest BCUT2D eigenvalue weighted by Crippen LogP contribution is -2.23. The number of amides is 2. The Morgan fingerprint density at radius 1 is 1.52 bits per heavy atom. The van der Waals surface area contributed by atoms with E-state index in [0.29, 0.717) is 16.4 Å². The number of allylic oxidation sites excluding steroid dienone is 3. The Morgan fingerprint density at radius 3 is 2.65 bits per heavy atom. The third kappa shape index (κ3) is 4.04. The number of hydrogen-bond donors (Lipinski definition) is 2. The van der Waals surface area contributed by atoms with E-state index in [2.05, 4.69) is 22.0 Å². The van der Waals surface area contributed by atoms with E-state index in [4.69, 9.17) is 10.5 Å². The summed E-state index contributed by atoms with van der Waals surface area (Å²) in [5.74, 6) is -0.0800. The Hall–Kier alpha value is -2.48. The summed E-state index contributed by atoms with van der Waals surface area (Å²) >= 11 is 1.12. The molecule has 1 saturated carbocycles. The van der Waals surface area contributed by atoms with Gasteiger partial charge in [0, 0.05) is 11.5 Å². The molecule has 0 spiro atoms. The third-order valence-corrected chi connectivity index (χ3v) is 4.33. The van der Waals surface area contributed by atoms with E-state index in [9.17, 15) is 9.59 Å². The molecular weight excluding hydrogens is 316 g/mol. The van der Waals surface area contributed by atoms with Crippen LogP contribution in [0.5, 0.6) is 5.88 Å². The Morgan fingerprint density at radius 2 is 2.22 bits per heavy atom. The first-order chi connectivity index (χ1) is 11.0. The number of ether oxygens (including phenoxy) is 1. The molecule has 0 aliphatic heterocycles. The second-order valence-electron chi connectivity index (χ2n) is 4.92. The zero-order chi connectivity index (χ0) is 17.0. The predicted octanol–water partition coefficient (Wildman–Crippen LogP) is 1.72. The van der Waals surface area contributed by atoms with Crippen LogP contribution in [0.15, 0.2) is 23.0 Å². The molecule has 0 atom stereocenters. The van der Waals surface area contributed by atoms with E-state index in [1.807, 2.05) is 6.92 Å². The summed E-state index contributed by atoms with van der Waals surface area (Å²) in [7, 11) is 1.42. The first-order valence-corrected chi connectivity index (χ1v) is 7.82. The fourth-order valence-corrected chi connectivity index (χ4v) is 2.77. The normalized spacial score (nSPS) is 15.2. The van der Waals surface area contributed by atoms with Gasteiger partial charge in [0.05, 0.1) is 7.11 Å². The van der Waals surface area contributed by atoms with Crippen LogP contribution in [0, 0.1) is 5.92 Å². The quantitative estimate of drug-likeness (QED) is 0.585. The summed E-state index contributed by atoms with van der Waals surface area (Å²) in [5.41, 5.74) is 5.99. The number of carbonyl (C=O) groups is 2. The Labute approximate surface area is 138 Å². The van der Waals surface area contributed by atoms with Crippen LogP contribution >= 0.6 is 11.3 Å². The van der Waals surface area contributed by atoms with Gasteiger partial charge < -0.3 is 15.8 Å². The predicted molar refractivity (Wildman–Crippen MR) is 89.3 cm³/mol. The Kier molecular flexibility index (Phi) is 5.28. The van der Waals surface area contributed by atoms with Gasteiger partial charge in [-0.25, -0.2) is 9.98 Å². The standard InChI is InChI=1S/C15H18N4O3S/c1-4-8(7-10(17-2)18-13(21)9-5-6-9)15-19-14(22-3)11(23-15)12(16)20/h4,7,9H,2,5-6H2,1,3H3,(H2,16,20)(H,18,21)/b8-4+,10-7+. The fourth-order valence-electron chi connectivity index (χ4n) is 1.83. The SMILES string of the molecule is C=N/C(=C\C(=C/C)c1nc(OC)c(C(N)=O)s1)NC(=O)C1CC1. The van der Waals surface area contributed by atoms with Crippen molar-refractivity contribution in [3.05, 3.63) is 27.9 Å². The van der Waals surface area contributed by atoms with Crippen LogP contribution in [0.2, 0.25) is 0 Å². The van der Waals surface area contributed by atoms with Crippen molar-refractivity contribution in [2.24, 2.45) is 16.6 Å². The monoisotopic (exact) mass is 334 g/mol. The van der Waals surface area contributed by atoms with Crippen molar-refractivity contribution in [2.75, 3.05) is 7.11 Å². The van der Waals surface area contributed by atoms with Crippen molar-refractivity contribution >= 4 is 35.4 Å². The Bertz CT molecular complexity index is 702. The van der Waals surface area contributed by atoms with Crippen molar-refractivity contribution in [3.8, 4) is 5.88 Å². The maximum Gasteiger partial charge on any atom is 0.264 e. The molecule has 23 heavy (non-hydrogen) atoms. The van der Waals surface area contributed by atoms with E-state index in [0.717, 1.165) is 24.2 Å². The van der Waals surface area contributed by atoms with Crippen LogP contribution < -0.4 is 15.8 Å². The van der Waals surface area contributed by atoms with Crippen LogP contribution in [0.1, 0.15) is 34.4 Å². The molecule has 1 fully saturated rings. The molecule has 2 rings (SSSR count). The van der Waals surface area contributed by atoms with Gasteiger partial charge in [-0.05, 0) is 32.6 Å². The summed E-state index contributed by atoms with van der Waals surface area (Å²) in [4.78, 5) is 31.5. The second kappa shape index (κ2) is 7.19. The maximum atomic E-state index is 11.8. The molecule has 8 heteroatoms. The van der Waals surface area contributed by atoms with Gasteiger partial charge in [-0.1, -0.05) is 6.08 Å². The van der Waals surface area contributed by atoms with Gasteiger partial charge in [-0.3, -0.25) is 9.59 Å². The van der Waals surface area contributed by atoms with E-state index >= 15 is 0 Å². The topological polar surface area (TPSA) is 107 Å². The lowest BCUT2D eigenvalue weighted by atomic mass is 10.2. The smallest absolute Gasteiger partial charge is 0.264 e. The van der Waals surface area contributed by atoms with Crippen molar-refractivity contribution in [2.45, 2.75) is 19.8 Å². The number of methoxy groups -OCH3 is 1. The first kappa shape index (κ1) is 16.9. The maximum absolute atomic E-state index is 11.8. The van der Waals surface area contributed by atoms with Crippen LogP contribution in [-0.2, 0) is 4.79 Å². The molecule has 3 N–H and O–H groups in total. The highest BCUT2D eigenvalue weighted by molar-refractivity contribution is 7.15. The zero-order valence-corrected chi connectivity index (χ0v) is 13.8. The van der Waals surface area contributed by atoms with Crippen molar-refractivity contribution in [1.82, 2.24) is 10.3 Å². The summed E-state index contributed by atoms with van der Waals surface area (Å²) in [5, 5.41) is 3.27. The lowest BCUT2D eigenvalue weighted by molar-refractivity contribution is -0.121. The number of nitrogens with zero attached hydrogens (tertiary/aromatic N) is 2. The molecular formula is C15H18N4O3S. The number of nitrogens with two attached hydrogens (primary N) is 1. The largest absolute Gasteiger partial charge is 0.480 e. The number of carbonyl (C=O) groups excluding carboxylic acids is 2. The summed E-state index contributed by atoms with van der Waals surface area (Å²) in [6.45, 7) is 5.28. The molecule has 0 aromatic carbocycles. The molecule has 0 saturated heterocycles. The minimum atomic E-state index is -0.603. The Balaban J connectivity index is 2.27. The van der Waals surface area contributed by atoms with Crippen LogP contribution in [0.4, 0.5) is 0 Å². The molecule has 0 bridgehead atoms. The van der Waals surface area contributed by atoms with Gasteiger partial charge in [0.15, 0.2) is 4.88 Å². The fraction of sp³-hybridized carbons (Fsp3) is 0.333. The average molecular weight is 334 g/mol. The number of aliphatic imine (C=N–C) groups is 1. The van der Waals surface area contributed by atoms with Gasteiger partial charge in [0.1, 0.15) is 10.8 Å². The number of hydrogen-bond acceptors (Lipinski definition) is 6. The highest BCUT2D eigenvalue weighted by atomic mass is 32.1. The second-order valence-corrected chi connectivity index (χ2v) is 5.92. The third-order valence-electron chi connectivity index (χ3n) is 3.23. The molecule has 1 heterocycles. The minimum Gasteiger partial charge on any atom is -0.480 e. The molecule has 1 aliphatic rings. The van der Waals surface area contributed by atoms with Crippen LogP contribution in [0.3, 0.4) is 0 Å². The van der Waals surface area contributed by atoms with Gasteiger partial charge in [-0.15, -0.1) is 11.3 Å². The number of thiazole rings is 1. The number of aromatic nitrogens is 1. The van der Waals surface area contributed by atoms with Crippen molar-refractivity contribution in [1.29, 1.82) is 0 Å². The molecule has 1 aromatic heterocycles. The minimum absolute atomic E-state index is 0.0614.